The predicted octanol–water partition coefficient (Wildman–Crippen LogP) is 2.44. The molecule has 0 bridgehead atoms. The lowest BCUT2D eigenvalue weighted by atomic mass is 10.0. The Balaban J connectivity index is 2.26. The van der Waals surface area contributed by atoms with Gasteiger partial charge in [-0.1, -0.05) is 18.2 Å². The van der Waals surface area contributed by atoms with Gasteiger partial charge in [0.25, 0.3) is 0 Å². The highest BCUT2D eigenvalue weighted by atomic mass is 15.1. The summed E-state index contributed by atoms with van der Waals surface area (Å²) in [5.41, 5.74) is 5.76. The Kier molecular flexibility index (Phi) is 2.32. The second-order valence-corrected chi connectivity index (χ2v) is 4.55. The molecule has 0 saturated heterocycles. The van der Waals surface area contributed by atoms with Crippen LogP contribution in [0.4, 0.5) is 5.69 Å². The molecule has 3 nitrogen and oxygen atoms in total. The van der Waals surface area contributed by atoms with Crippen molar-refractivity contribution in [1.82, 2.24) is 10.2 Å². The molecule has 0 unspecified atom stereocenters. The minimum absolute atomic E-state index is 0.991. The van der Waals surface area contributed by atoms with Crippen LogP contribution in [0.25, 0.3) is 11.3 Å². The van der Waals surface area contributed by atoms with Gasteiger partial charge >= 0.3 is 0 Å². The molecule has 0 spiro atoms. The van der Waals surface area contributed by atoms with Gasteiger partial charge in [-0.3, -0.25) is 0 Å². The van der Waals surface area contributed by atoms with Gasteiger partial charge in [-0.2, -0.15) is 5.10 Å². The van der Waals surface area contributed by atoms with Crippen LogP contribution >= 0.6 is 0 Å². The summed E-state index contributed by atoms with van der Waals surface area (Å²) in [5, 5.41) is 8.57. The maximum atomic E-state index is 4.38. The summed E-state index contributed by atoms with van der Waals surface area (Å²) in [7, 11) is 2.13. The van der Waals surface area contributed by atoms with Crippen molar-refractivity contribution in [3.8, 4) is 11.3 Å². The molecule has 2 aromatic rings. The Bertz CT molecular complexity index is 563. The average Bonchev–Trinajstić information content (AvgIpc) is 2.48. The third kappa shape index (κ3) is 1.68. The van der Waals surface area contributed by atoms with Gasteiger partial charge in [0.15, 0.2) is 0 Å². The molecule has 1 aromatic carbocycles. The fourth-order valence-electron chi connectivity index (χ4n) is 2.38. The van der Waals surface area contributed by atoms with Crippen molar-refractivity contribution in [3.63, 3.8) is 0 Å². The van der Waals surface area contributed by atoms with Crippen LogP contribution in [-0.4, -0.2) is 23.8 Å². The van der Waals surface area contributed by atoms with Crippen LogP contribution in [-0.2, 0) is 6.42 Å². The highest BCUT2D eigenvalue weighted by Crippen LogP contribution is 2.33. The van der Waals surface area contributed by atoms with E-state index in [1.165, 1.54) is 16.8 Å². The molecule has 0 atom stereocenters. The molecule has 0 amide bonds. The SMILES string of the molecule is Cc1cc2c(nn1)-c1ccccc1N(C)CC2. The number of para-hydroxylation sites is 1. The van der Waals surface area contributed by atoms with Crippen LogP contribution in [0.3, 0.4) is 0 Å². The van der Waals surface area contributed by atoms with Gasteiger partial charge in [-0.05, 0) is 31.0 Å². The fraction of sp³-hybridized carbons (Fsp3) is 0.286. The van der Waals surface area contributed by atoms with Crippen LogP contribution in [0, 0.1) is 6.92 Å². The van der Waals surface area contributed by atoms with Crippen molar-refractivity contribution in [2.45, 2.75) is 13.3 Å². The number of aryl methyl sites for hydroxylation is 1. The number of aromatic nitrogens is 2. The van der Waals surface area contributed by atoms with E-state index in [4.69, 9.17) is 0 Å². The lowest BCUT2D eigenvalue weighted by molar-refractivity contribution is 0.875. The van der Waals surface area contributed by atoms with Crippen LogP contribution in [0.5, 0.6) is 0 Å². The molecule has 3 rings (SSSR count). The quantitative estimate of drug-likeness (QED) is 0.689. The largest absolute Gasteiger partial charge is 0.374 e. The predicted molar refractivity (Wildman–Crippen MR) is 69.2 cm³/mol. The monoisotopic (exact) mass is 225 g/mol. The molecule has 17 heavy (non-hydrogen) atoms. The molecule has 2 heterocycles. The van der Waals surface area contributed by atoms with Gasteiger partial charge in [-0.25, -0.2) is 0 Å². The molecular weight excluding hydrogens is 210 g/mol. The Morgan fingerprint density at radius 3 is 2.88 bits per heavy atom. The second-order valence-electron chi connectivity index (χ2n) is 4.55. The summed E-state index contributed by atoms with van der Waals surface area (Å²) in [6, 6.07) is 10.6. The standard InChI is InChI=1S/C14H15N3/c1-10-9-11-7-8-17(2)13-6-4-3-5-12(13)14(11)16-15-10/h3-6,9H,7-8H2,1-2H3. The van der Waals surface area contributed by atoms with Gasteiger partial charge in [0.2, 0.25) is 0 Å². The topological polar surface area (TPSA) is 29.0 Å². The maximum Gasteiger partial charge on any atom is 0.0983 e. The van der Waals surface area contributed by atoms with Gasteiger partial charge in [-0.15, -0.1) is 5.10 Å². The Morgan fingerprint density at radius 1 is 1.18 bits per heavy atom. The zero-order valence-corrected chi connectivity index (χ0v) is 10.1. The lowest BCUT2D eigenvalue weighted by Crippen LogP contribution is -2.18. The third-order valence-corrected chi connectivity index (χ3v) is 3.28. The molecule has 0 radical (unpaired) electrons. The Morgan fingerprint density at radius 2 is 2.00 bits per heavy atom. The molecular formula is C14H15N3. The van der Waals surface area contributed by atoms with Crippen molar-refractivity contribution in [3.05, 3.63) is 41.6 Å². The molecule has 86 valence electrons. The van der Waals surface area contributed by atoms with E-state index in [1.807, 2.05) is 6.92 Å². The molecule has 0 fully saturated rings. The van der Waals surface area contributed by atoms with Crippen LogP contribution in [0.1, 0.15) is 11.3 Å². The van der Waals surface area contributed by atoms with Gasteiger partial charge in [0.05, 0.1) is 11.4 Å². The molecule has 0 aliphatic carbocycles. The van der Waals surface area contributed by atoms with E-state index in [2.05, 4.69) is 52.5 Å². The van der Waals surface area contributed by atoms with E-state index < -0.39 is 0 Å². The number of fused-ring (bicyclic) bond motifs is 3. The molecule has 1 aromatic heterocycles. The zero-order valence-electron chi connectivity index (χ0n) is 10.1. The van der Waals surface area contributed by atoms with Gasteiger partial charge in [0.1, 0.15) is 0 Å². The normalized spacial score (nSPS) is 13.9. The summed E-state index contributed by atoms with van der Waals surface area (Å²) in [5.74, 6) is 0. The number of benzene rings is 1. The molecule has 0 saturated carbocycles. The minimum Gasteiger partial charge on any atom is -0.374 e. The second kappa shape index (κ2) is 3.84. The molecule has 1 aliphatic rings. The first kappa shape index (κ1) is 10.3. The van der Waals surface area contributed by atoms with Crippen molar-refractivity contribution in [2.75, 3.05) is 18.5 Å². The zero-order chi connectivity index (χ0) is 11.8. The van der Waals surface area contributed by atoms with Crippen molar-refractivity contribution >= 4 is 5.69 Å². The number of nitrogens with zero attached hydrogens (tertiary/aromatic N) is 3. The van der Waals surface area contributed by atoms with Crippen LogP contribution in [0.15, 0.2) is 30.3 Å². The summed E-state index contributed by atoms with van der Waals surface area (Å²) in [6.07, 6.45) is 1.02. The van der Waals surface area contributed by atoms with E-state index in [-0.39, 0.29) is 0 Å². The first-order valence-corrected chi connectivity index (χ1v) is 5.89. The number of likely N-dealkylation sites (N-methyl/N-ethyl adjacent to an activating group) is 1. The van der Waals surface area contributed by atoms with E-state index in [0.717, 1.165) is 24.4 Å². The number of hydrogen-bond acceptors (Lipinski definition) is 3. The number of anilines is 1. The van der Waals surface area contributed by atoms with E-state index in [9.17, 15) is 0 Å². The summed E-state index contributed by atoms with van der Waals surface area (Å²) < 4.78 is 0. The summed E-state index contributed by atoms with van der Waals surface area (Å²) in [6.45, 7) is 3.02. The first-order chi connectivity index (χ1) is 8.25. The lowest BCUT2D eigenvalue weighted by Gasteiger charge is -2.18. The van der Waals surface area contributed by atoms with Crippen molar-refractivity contribution in [1.29, 1.82) is 0 Å². The van der Waals surface area contributed by atoms with Gasteiger partial charge in [0, 0.05) is 24.8 Å². The average molecular weight is 225 g/mol. The van der Waals surface area contributed by atoms with E-state index in [1.54, 1.807) is 0 Å². The highest BCUT2D eigenvalue weighted by Gasteiger charge is 2.18. The third-order valence-electron chi connectivity index (χ3n) is 3.28. The number of hydrogen-bond donors (Lipinski definition) is 0. The van der Waals surface area contributed by atoms with Gasteiger partial charge < -0.3 is 4.90 Å². The van der Waals surface area contributed by atoms with Crippen LogP contribution in [0.2, 0.25) is 0 Å². The fourth-order valence-corrected chi connectivity index (χ4v) is 2.38. The summed E-state index contributed by atoms with van der Waals surface area (Å²) in [4.78, 5) is 2.28. The highest BCUT2D eigenvalue weighted by molar-refractivity contribution is 5.79. The first-order valence-electron chi connectivity index (χ1n) is 5.89. The Hall–Kier alpha value is -1.90. The van der Waals surface area contributed by atoms with E-state index >= 15 is 0 Å². The van der Waals surface area contributed by atoms with Crippen molar-refractivity contribution in [2.24, 2.45) is 0 Å². The minimum atomic E-state index is 0.991. The molecule has 1 aliphatic heterocycles. The Labute approximate surface area is 101 Å². The summed E-state index contributed by atoms with van der Waals surface area (Å²) >= 11 is 0. The number of rotatable bonds is 0. The molecule has 0 N–H and O–H groups in total. The van der Waals surface area contributed by atoms with E-state index in [0.29, 0.717) is 0 Å². The van der Waals surface area contributed by atoms with Crippen LogP contribution < -0.4 is 4.90 Å². The van der Waals surface area contributed by atoms with Crippen molar-refractivity contribution < 1.29 is 0 Å². The maximum absolute atomic E-state index is 4.38. The molecule has 3 heteroatoms. The smallest absolute Gasteiger partial charge is 0.0983 e.